The van der Waals surface area contributed by atoms with Crippen molar-refractivity contribution in [3.8, 4) is 0 Å². The third-order valence-electron chi connectivity index (χ3n) is 2.42. The fourth-order valence-corrected chi connectivity index (χ4v) is 1.92. The molecule has 0 bridgehead atoms. The Morgan fingerprint density at radius 3 is 2.61 bits per heavy atom. The summed E-state index contributed by atoms with van der Waals surface area (Å²) in [5.74, 6) is -0.340. The summed E-state index contributed by atoms with van der Waals surface area (Å²) in [6, 6.07) is 8.87. The van der Waals surface area contributed by atoms with Crippen LogP contribution in [0, 0.1) is 0 Å². The Hall–Kier alpha value is -1.13. The van der Waals surface area contributed by atoms with Crippen molar-refractivity contribution in [3.63, 3.8) is 0 Å². The average Bonchev–Trinajstić information content (AvgIpc) is 2.36. The van der Waals surface area contributed by atoms with E-state index in [9.17, 15) is 4.79 Å². The summed E-state index contributed by atoms with van der Waals surface area (Å²) in [7, 11) is 0. The molecule has 0 aliphatic heterocycles. The van der Waals surface area contributed by atoms with Gasteiger partial charge >= 0.3 is 5.97 Å². The lowest BCUT2D eigenvalue weighted by atomic mass is 10.1. The van der Waals surface area contributed by atoms with Crippen LogP contribution in [-0.4, -0.2) is 23.8 Å². The van der Waals surface area contributed by atoms with Crippen molar-refractivity contribution in [1.29, 1.82) is 0 Å². The molecule has 0 aliphatic carbocycles. The van der Waals surface area contributed by atoms with Gasteiger partial charge in [0.15, 0.2) is 0 Å². The minimum atomic E-state index is -0.340. The van der Waals surface area contributed by atoms with Gasteiger partial charge in [-0.15, -0.1) is 0 Å². The second kappa shape index (κ2) is 8.06. The molecule has 98 valence electrons. The lowest BCUT2D eigenvalue weighted by molar-refractivity contribution is 0.0272. The molecule has 0 aromatic heterocycles. The van der Waals surface area contributed by atoms with Crippen LogP contribution in [0.25, 0.3) is 0 Å². The number of halogens is 1. The molecule has 1 aromatic rings. The van der Waals surface area contributed by atoms with E-state index in [1.54, 1.807) is 24.3 Å². The quantitative estimate of drug-likeness (QED) is 0.786. The maximum Gasteiger partial charge on any atom is 0.338 e. The first kappa shape index (κ1) is 14.9. The molecule has 1 atom stereocenters. The van der Waals surface area contributed by atoms with Crippen molar-refractivity contribution in [3.05, 3.63) is 47.0 Å². The normalized spacial score (nSPS) is 11.9. The molecule has 3 nitrogen and oxygen atoms in total. The number of hydrogen-bond acceptors (Lipinski definition) is 3. The topological polar surface area (TPSA) is 46.5 Å². The van der Waals surface area contributed by atoms with Gasteiger partial charge in [-0.3, -0.25) is 0 Å². The van der Waals surface area contributed by atoms with Gasteiger partial charge in [0.2, 0.25) is 0 Å². The van der Waals surface area contributed by atoms with E-state index in [2.05, 4.69) is 22.5 Å². The number of rotatable bonds is 7. The number of carbonyl (C=O) groups excluding carboxylic acids is 1. The SMILES string of the molecule is C=C(Br)C[C@H](CCCO)OC(=O)c1ccccc1. The molecule has 18 heavy (non-hydrogen) atoms. The van der Waals surface area contributed by atoms with Crippen LogP contribution in [0.4, 0.5) is 0 Å². The number of esters is 1. The summed E-state index contributed by atoms with van der Waals surface area (Å²) in [4.78, 5) is 11.9. The average molecular weight is 313 g/mol. The Balaban J connectivity index is 2.59. The zero-order valence-corrected chi connectivity index (χ0v) is 11.7. The van der Waals surface area contributed by atoms with Crippen molar-refractivity contribution in [1.82, 2.24) is 0 Å². The van der Waals surface area contributed by atoms with E-state index in [1.165, 1.54) is 0 Å². The minimum Gasteiger partial charge on any atom is -0.458 e. The van der Waals surface area contributed by atoms with Gasteiger partial charge in [-0.05, 0) is 29.5 Å². The zero-order chi connectivity index (χ0) is 13.4. The van der Waals surface area contributed by atoms with E-state index in [0.29, 0.717) is 24.8 Å². The summed E-state index contributed by atoms with van der Waals surface area (Å²) >= 11 is 3.26. The van der Waals surface area contributed by atoms with Gasteiger partial charge in [0, 0.05) is 13.0 Å². The van der Waals surface area contributed by atoms with Crippen molar-refractivity contribution >= 4 is 21.9 Å². The predicted molar refractivity (Wildman–Crippen MR) is 74.6 cm³/mol. The largest absolute Gasteiger partial charge is 0.458 e. The second-order valence-electron chi connectivity index (χ2n) is 3.98. The number of benzene rings is 1. The molecule has 0 fully saturated rings. The van der Waals surface area contributed by atoms with E-state index < -0.39 is 0 Å². The molecule has 1 N–H and O–H groups in total. The molecule has 4 heteroatoms. The van der Waals surface area contributed by atoms with Gasteiger partial charge in [0.05, 0.1) is 5.56 Å². The maximum atomic E-state index is 11.9. The van der Waals surface area contributed by atoms with Gasteiger partial charge in [-0.2, -0.15) is 0 Å². The summed E-state index contributed by atoms with van der Waals surface area (Å²) in [5.41, 5.74) is 0.534. The van der Waals surface area contributed by atoms with E-state index >= 15 is 0 Å². The number of hydrogen-bond donors (Lipinski definition) is 1. The lowest BCUT2D eigenvalue weighted by Gasteiger charge is -2.17. The minimum absolute atomic E-state index is 0.0914. The Kier molecular flexibility index (Phi) is 6.68. The fraction of sp³-hybridized carbons (Fsp3) is 0.357. The third kappa shape index (κ3) is 5.47. The summed E-state index contributed by atoms with van der Waals surface area (Å²) < 4.78 is 6.19. The van der Waals surface area contributed by atoms with E-state index in [1.807, 2.05) is 6.07 Å². The number of aliphatic hydroxyl groups excluding tert-OH is 1. The Labute approximate surface area is 116 Å². The van der Waals surface area contributed by atoms with Crippen molar-refractivity contribution in [2.45, 2.75) is 25.4 Å². The molecular weight excluding hydrogens is 296 g/mol. The predicted octanol–water partition coefficient (Wildman–Crippen LogP) is 3.28. The Bertz CT molecular complexity index is 389. The highest BCUT2D eigenvalue weighted by molar-refractivity contribution is 9.11. The number of carbonyl (C=O) groups is 1. The van der Waals surface area contributed by atoms with Crippen LogP contribution >= 0.6 is 15.9 Å². The monoisotopic (exact) mass is 312 g/mol. The Morgan fingerprint density at radius 1 is 1.39 bits per heavy atom. The number of ether oxygens (including phenoxy) is 1. The van der Waals surface area contributed by atoms with Gasteiger partial charge < -0.3 is 9.84 Å². The summed E-state index contributed by atoms with van der Waals surface area (Å²) in [6.07, 6.45) is 1.53. The molecule has 0 heterocycles. The third-order valence-corrected chi connectivity index (χ3v) is 2.74. The smallest absolute Gasteiger partial charge is 0.338 e. The van der Waals surface area contributed by atoms with Gasteiger partial charge in [0.1, 0.15) is 6.10 Å². The fourth-order valence-electron chi connectivity index (χ4n) is 1.56. The second-order valence-corrected chi connectivity index (χ2v) is 5.10. The highest BCUT2D eigenvalue weighted by Crippen LogP contribution is 2.18. The zero-order valence-electron chi connectivity index (χ0n) is 10.1. The standard InChI is InChI=1S/C14H17BrO3/c1-11(15)10-13(8-5-9-16)18-14(17)12-6-3-2-4-7-12/h2-4,6-7,13,16H,1,5,8-10H2/t13-/m0/s1. The summed E-state index contributed by atoms with van der Waals surface area (Å²) in [5, 5.41) is 8.83. The maximum absolute atomic E-state index is 11.9. The molecule has 0 unspecified atom stereocenters. The van der Waals surface area contributed by atoms with E-state index in [4.69, 9.17) is 9.84 Å². The van der Waals surface area contributed by atoms with Crippen LogP contribution in [-0.2, 0) is 4.74 Å². The first-order valence-corrected chi connectivity index (χ1v) is 6.63. The molecule has 1 aromatic carbocycles. The van der Waals surface area contributed by atoms with Crippen LogP contribution in [0.3, 0.4) is 0 Å². The van der Waals surface area contributed by atoms with Crippen molar-refractivity contribution in [2.75, 3.05) is 6.61 Å². The van der Waals surface area contributed by atoms with Crippen molar-refractivity contribution < 1.29 is 14.6 Å². The van der Waals surface area contributed by atoms with Crippen molar-refractivity contribution in [2.24, 2.45) is 0 Å². The molecule has 1 rings (SSSR count). The van der Waals surface area contributed by atoms with Gasteiger partial charge in [-0.1, -0.05) is 40.7 Å². The summed E-state index contributed by atoms with van der Waals surface area (Å²) in [6.45, 7) is 3.84. The van der Waals surface area contributed by atoms with Crippen LogP contribution < -0.4 is 0 Å². The number of aliphatic hydroxyl groups is 1. The highest BCUT2D eigenvalue weighted by Gasteiger charge is 2.16. The first-order valence-electron chi connectivity index (χ1n) is 5.83. The van der Waals surface area contributed by atoms with E-state index in [-0.39, 0.29) is 18.7 Å². The molecule has 0 aliphatic rings. The molecule has 0 radical (unpaired) electrons. The molecular formula is C14H17BrO3. The highest BCUT2D eigenvalue weighted by atomic mass is 79.9. The van der Waals surface area contributed by atoms with Crippen LogP contribution in [0.2, 0.25) is 0 Å². The van der Waals surface area contributed by atoms with Crippen LogP contribution in [0.1, 0.15) is 29.6 Å². The Morgan fingerprint density at radius 2 is 2.06 bits per heavy atom. The molecule has 0 amide bonds. The van der Waals surface area contributed by atoms with E-state index in [0.717, 1.165) is 4.48 Å². The first-order chi connectivity index (χ1) is 8.63. The lowest BCUT2D eigenvalue weighted by Crippen LogP contribution is -2.19. The molecule has 0 saturated heterocycles. The van der Waals surface area contributed by atoms with Gasteiger partial charge in [0.25, 0.3) is 0 Å². The van der Waals surface area contributed by atoms with Crippen LogP contribution in [0.15, 0.2) is 41.4 Å². The molecule has 0 spiro atoms. The molecule has 0 saturated carbocycles. The van der Waals surface area contributed by atoms with Gasteiger partial charge in [-0.25, -0.2) is 4.79 Å². The van der Waals surface area contributed by atoms with Crippen LogP contribution in [0.5, 0.6) is 0 Å².